The molecular formula is C18H23N3OS. The summed E-state index contributed by atoms with van der Waals surface area (Å²) < 4.78 is 0. The van der Waals surface area contributed by atoms with Crippen LogP contribution in [0, 0.1) is 6.92 Å². The van der Waals surface area contributed by atoms with E-state index in [9.17, 15) is 4.79 Å². The van der Waals surface area contributed by atoms with Gasteiger partial charge in [-0.15, -0.1) is 11.3 Å². The molecule has 0 saturated heterocycles. The van der Waals surface area contributed by atoms with E-state index in [4.69, 9.17) is 0 Å². The van der Waals surface area contributed by atoms with Crippen LogP contribution in [0.5, 0.6) is 0 Å². The Morgan fingerprint density at radius 1 is 1.39 bits per heavy atom. The smallest absolute Gasteiger partial charge is 0.239 e. The fourth-order valence-corrected chi connectivity index (χ4v) is 3.80. The van der Waals surface area contributed by atoms with Gasteiger partial charge in [0, 0.05) is 24.2 Å². The van der Waals surface area contributed by atoms with E-state index in [2.05, 4.69) is 33.5 Å². The molecule has 1 amide bonds. The van der Waals surface area contributed by atoms with Gasteiger partial charge in [-0.25, -0.2) is 4.98 Å². The lowest BCUT2D eigenvalue weighted by molar-refractivity contribution is -0.137. The highest BCUT2D eigenvalue weighted by atomic mass is 32.1. The molecule has 2 aromatic rings. The van der Waals surface area contributed by atoms with Crippen molar-refractivity contribution >= 4 is 17.2 Å². The van der Waals surface area contributed by atoms with E-state index in [-0.39, 0.29) is 11.9 Å². The number of hydrogen-bond acceptors (Lipinski definition) is 4. The minimum absolute atomic E-state index is 0.135. The predicted molar refractivity (Wildman–Crippen MR) is 93.3 cm³/mol. The van der Waals surface area contributed by atoms with Crippen LogP contribution in [0.4, 0.5) is 0 Å². The summed E-state index contributed by atoms with van der Waals surface area (Å²) in [5.41, 5.74) is 3.69. The van der Waals surface area contributed by atoms with Gasteiger partial charge in [-0.05, 0) is 38.4 Å². The van der Waals surface area contributed by atoms with Crippen molar-refractivity contribution in [3.63, 3.8) is 0 Å². The molecule has 0 spiro atoms. The van der Waals surface area contributed by atoms with Crippen LogP contribution < -0.4 is 0 Å². The number of benzene rings is 1. The Hall–Kier alpha value is -1.72. The highest BCUT2D eigenvalue weighted by Crippen LogP contribution is 2.20. The number of carbonyl (C=O) groups excluding carboxylic acids is 1. The van der Waals surface area contributed by atoms with Crippen molar-refractivity contribution in [2.75, 3.05) is 13.6 Å². The topological polar surface area (TPSA) is 36.4 Å². The first kappa shape index (κ1) is 16.1. The zero-order valence-electron chi connectivity index (χ0n) is 14.0. The Labute approximate surface area is 141 Å². The van der Waals surface area contributed by atoms with E-state index in [1.54, 1.807) is 11.3 Å². The van der Waals surface area contributed by atoms with Crippen molar-refractivity contribution in [3.05, 3.63) is 51.5 Å². The molecule has 0 unspecified atom stereocenters. The maximum absolute atomic E-state index is 12.8. The molecule has 3 rings (SSSR count). The normalized spacial score (nSPS) is 15.6. The van der Waals surface area contributed by atoms with Gasteiger partial charge in [0.1, 0.15) is 5.01 Å². The number of hydrogen-bond donors (Lipinski definition) is 0. The molecule has 0 bridgehead atoms. The lowest BCUT2D eigenvalue weighted by Crippen LogP contribution is -2.47. The summed E-state index contributed by atoms with van der Waals surface area (Å²) in [6.45, 7) is 6.24. The van der Waals surface area contributed by atoms with E-state index in [0.717, 1.165) is 36.8 Å². The molecule has 0 radical (unpaired) electrons. The maximum Gasteiger partial charge on any atom is 0.239 e. The van der Waals surface area contributed by atoms with Gasteiger partial charge in [-0.3, -0.25) is 9.69 Å². The summed E-state index contributed by atoms with van der Waals surface area (Å²) >= 11 is 1.66. The highest BCUT2D eigenvalue weighted by molar-refractivity contribution is 7.09. The SMILES string of the molecule is Cc1csc(CN(C)[C@@H](C)C(=O)N2CCc3ccccc3C2)n1. The molecule has 23 heavy (non-hydrogen) atoms. The molecule has 0 N–H and O–H groups in total. The number of fused-ring (bicyclic) bond motifs is 1. The molecule has 122 valence electrons. The zero-order chi connectivity index (χ0) is 16.4. The number of amides is 1. The average molecular weight is 329 g/mol. The fraction of sp³-hybridized carbons (Fsp3) is 0.444. The summed E-state index contributed by atoms with van der Waals surface area (Å²) in [5, 5.41) is 3.12. The molecule has 1 aromatic heterocycles. The highest BCUT2D eigenvalue weighted by Gasteiger charge is 2.27. The van der Waals surface area contributed by atoms with Crippen LogP contribution in [0.1, 0.15) is 28.8 Å². The number of aryl methyl sites for hydroxylation is 1. The molecule has 1 atom stereocenters. The molecule has 2 heterocycles. The summed E-state index contributed by atoms with van der Waals surface area (Å²) in [5.74, 6) is 0.204. The van der Waals surface area contributed by atoms with Crippen LogP contribution in [-0.2, 0) is 24.3 Å². The third-order valence-electron chi connectivity index (χ3n) is 4.51. The summed E-state index contributed by atoms with van der Waals surface area (Å²) in [6.07, 6.45) is 0.948. The zero-order valence-corrected chi connectivity index (χ0v) is 14.8. The lowest BCUT2D eigenvalue weighted by atomic mass is 9.99. The lowest BCUT2D eigenvalue weighted by Gasteiger charge is -2.33. The Morgan fingerprint density at radius 3 is 2.83 bits per heavy atom. The second-order valence-electron chi connectivity index (χ2n) is 6.25. The van der Waals surface area contributed by atoms with Crippen LogP contribution >= 0.6 is 11.3 Å². The molecule has 0 fully saturated rings. The summed E-state index contributed by atoms with van der Waals surface area (Å²) in [6, 6.07) is 8.28. The first-order valence-corrected chi connectivity index (χ1v) is 8.89. The monoisotopic (exact) mass is 329 g/mol. The van der Waals surface area contributed by atoms with Gasteiger partial charge in [0.15, 0.2) is 0 Å². The Morgan fingerprint density at radius 2 is 2.13 bits per heavy atom. The average Bonchev–Trinajstić information content (AvgIpc) is 2.97. The minimum Gasteiger partial charge on any atom is -0.337 e. The van der Waals surface area contributed by atoms with Gasteiger partial charge >= 0.3 is 0 Å². The molecule has 5 heteroatoms. The quantitative estimate of drug-likeness (QED) is 0.865. The second kappa shape index (κ2) is 6.81. The fourth-order valence-electron chi connectivity index (χ4n) is 2.96. The predicted octanol–water partition coefficient (Wildman–Crippen LogP) is 2.86. The largest absolute Gasteiger partial charge is 0.337 e. The molecule has 0 saturated carbocycles. The van der Waals surface area contributed by atoms with E-state index in [1.165, 1.54) is 11.1 Å². The maximum atomic E-state index is 12.8. The molecule has 1 aliphatic heterocycles. The van der Waals surface area contributed by atoms with Gasteiger partial charge < -0.3 is 4.90 Å². The summed E-state index contributed by atoms with van der Waals surface area (Å²) in [4.78, 5) is 21.4. The Balaban J connectivity index is 1.63. The van der Waals surface area contributed by atoms with E-state index >= 15 is 0 Å². The Bertz CT molecular complexity index is 697. The first-order chi connectivity index (χ1) is 11.0. The molecule has 0 aliphatic carbocycles. The first-order valence-electron chi connectivity index (χ1n) is 8.01. The van der Waals surface area contributed by atoms with Gasteiger partial charge in [-0.2, -0.15) is 0 Å². The van der Waals surface area contributed by atoms with Gasteiger partial charge in [0.2, 0.25) is 5.91 Å². The van der Waals surface area contributed by atoms with Gasteiger partial charge in [-0.1, -0.05) is 24.3 Å². The van der Waals surface area contributed by atoms with E-state index in [0.29, 0.717) is 0 Å². The number of likely N-dealkylation sites (N-methyl/N-ethyl adjacent to an activating group) is 1. The summed E-state index contributed by atoms with van der Waals surface area (Å²) in [7, 11) is 2.00. The van der Waals surface area contributed by atoms with Crippen molar-refractivity contribution in [3.8, 4) is 0 Å². The molecule has 1 aliphatic rings. The van der Waals surface area contributed by atoms with Crippen molar-refractivity contribution in [1.82, 2.24) is 14.8 Å². The number of carbonyl (C=O) groups is 1. The van der Waals surface area contributed by atoms with Gasteiger partial charge in [0.25, 0.3) is 0 Å². The molecular weight excluding hydrogens is 306 g/mol. The van der Waals surface area contributed by atoms with Crippen LogP contribution in [0.3, 0.4) is 0 Å². The van der Waals surface area contributed by atoms with E-state index in [1.807, 2.05) is 31.9 Å². The number of thiazole rings is 1. The number of rotatable bonds is 4. The number of nitrogens with zero attached hydrogens (tertiary/aromatic N) is 3. The van der Waals surface area contributed by atoms with Crippen molar-refractivity contribution in [2.45, 2.75) is 39.4 Å². The standard InChI is InChI=1S/C18H23N3OS/c1-13-12-23-17(19-13)11-20(3)14(2)18(22)21-9-8-15-6-4-5-7-16(15)10-21/h4-7,12,14H,8-11H2,1-3H3/t14-/m0/s1. The second-order valence-corrected chi connectivity index (χ2v) is 7.19. The van der Waals surface area contributed by atoms with Gasteiger partial charge in [0.05, 0.1) is 12.6 Å². The van der Waals surface area contributed by atoms with Crippen LogP contribution in [0.15, 0.2) is 29.6 Å². The van der Waals surface area contributed by atoms with Crippen LogP contribution in [-0.4, -0.2) is 40.3 Å². The third-order valence-corrected chi connectivity index (χ3v) is 5.46. The Kier molecular flexibility index (Phi) is 4.78. The molecule has 4 nitrogen and oxygen atoms in total. The van der Waals surface area contributed by atoms with Crippen LogP contribution in [0.2, 0.25) is 0 Å². The third kappa shape index (κ3) is 3.62. The van der Waals surface area contributed by atoms with Crippen molar-refractivity contribution < 1.29 is 4.79 Å². The van der Waals surface area contributed by atoms with Crippen LogP contribution in [0.25, 0.3) is 0 Å². The van der Waals surface area contributed by atoms with Crippen molar-refractivity contribution in [2.24, 2.45) is 0 Å². The van der Waals surface area contributed by atoms with E-state index < -0.39 is 0 Å². The van der Waals surface area contributed by atoms with Crippen molar-refractivity contribution in [1.29, 1.82) is 0 Å². The molecule has 1 aromatic carbocycles. The number of aromatic nitrogens is 1. The minimum atomic E-state index is -0.135.